The minimum absolute atomic E-state index is 0.169. The largest absolute Gasteiger partial charge is 0.364 e. The molecule has 2 unspecified atom stereocenters. The van der Waals surface area contributed by atoms with E-state index in [9.17, 15) is 0 Å². The van der Waals surface area contributed by atoms with Gasteiger partial charge in [-0.05, 0) is 38.0 Å². The molecule has 0 radical (unpaired) electrons. The summed E-state index contributed by atoms with van der Waals surface area (Å²) in [5, 5.41) is 4.51. The fourth-order valence-electron chi connectivity index (χ4n) is 2.63. The van der Waals surface area contributed by atoms with Gasteiger partial charge in [-0.25, -0.2) is 0 Å². The average Bonchev–Trinajstić information content (AvgIpc) is 2.39. The second kappa shape index (κ2) is 6.02. The molecule has 0 aromatic heterocycles. The lowest BCUT2D eigenvalue weighted by Gasteiger charge is -2.47. The maximum Gasteiger partial charge on any atom is 0.0650 e. The van der Waals surface area contributed by atoms with Gasteiger partial charge in [0.2, 0.25) is 0 Å². The fraction of sp³-hybridized carbons (Fsp3) is 0.600. The van der Waals surface area contributed by atoms with Gasteiger partial charge in [0.25, 0.3) is 0 Å². The normalized spacial score (nSPS) is 27.6. The summed E-state index contributed by atoms with van der Waals surface area (Å²) in [5.41, 5.74) is 1.32. The van der Waals surface area contributed by atoms with Crippen LogP contribution in [0, 0.1) is 0 Å². The number of hydrogen-bond donors (Lipinski definition) is 1. The summed E-state index contributed by atoms with van der Waals surface area (Å²) in [6.07, 6.45) is 2.24. The number of halogens is 2. The summed E-state index contributed by atoms with van der Waals surface area (Å²) >= 11 is 9.90. The minimum Gasteiger partial charge on any atom is -0.364 e. The third-order valence-electron chi connectivity index (χ3n) is 4.20. The first-order valence-electron chi connectivity index (χ1n) is 6.96. The number of nitrogens with one attached hydrogen (secondary N) is 1. The van der Waals surface area contributed by atoms with E-state index in [2.05, 4.69) is 59.1 Å². The number of anilines is 1. The molecule has 2 nitrogen and oxygen atoms in total. The van der Waals surface area contributed by atoms with E-state index in [1.54, 1.807) is 0 Å². The number of nitrogens with zero attached hydrogens (tertiary/aromatic N) is 1. The van der Waals surface area contributed by atoms with Crippen LogP contribution in [-0.4, -0.2) is 24.7 Å². The van der Waals surface area contributed by atoms with Crippen molar-refractivity contribution in [3.8, 4) is 0 Å². The summed E-state index contributed by atoms with van der Waals surface area (Å²) in [6.45, 7) is 8.79. The number of hydrogen-bond acceptors (Lipinski definition) is 2. The maximum atomic E-state index is 6.43. The molecule has 1 aromatic carbocycles. The van der Waals surface area contributed by atoms with Crippen LogP contribution in [0.4, 0.5) is 5.69 Å². The van der Waals surface area contributed by atoms with E-state index < -0.39 is 0 Å². The Labute approximate surface area is 129 Å². The molecule has 1 N–H and O–H groups in total. The van der Waals surface area contributed by atoms with Crippen molar-refractivity contribution in [3.05, 3.63) is 27.7 Å². The fourth-order valence-corrected chi connectivity index (χ4v) is 3.41. The zero-order valence-corrected chi connectivity index (χ0v) is 14.2. The molecular formula is C15H22BrClN2. The lowest BCUT2D eigenvalue weighted by Crippen LogP contribution is -2.62. The number of rotatable bonds is 3. The summed E-state index contributed by atoms with van der Waals surface area (Å²) < 4.78 is 1.03. The Kier molecular flexibility index (Phi) is 4.80. The molecule has 1 heterocycles. The molecule has 1 fully saturated rings. The molecule has 106 valence electrons. The monoisotopic (exact) mass is 344 g/mol. The summed E-state index contributed by atoms with van der Waals surface area (Å²) in [5.74, 6) is 0. The van der Waals surface area contributed by atoms with Gasteiger partial charge >= 0.3 is 0 Å². The van der Waals surface area contributed by atoms with Crippen molar-refractivity contribution in [3.63, 3.8) is 0 Å². The Hall–Kier alpha value is -0.250. The van der Waals surface area contributed by atoms with Crippen LogP contribution in [0.2, 0.25) is 5.02 Å². The quantitative estimate of drug-likeness (QED) is 0.870. The van der Waals surface area contributed by atoms with E-state index in [4.69, 9.17) is 11.6 Å². The van der Waals surface area contributed by atoms with Crippen LogP contribution in [0.3, 0.4) is 0 Å². The molecule has 1 aromatic rings. The van der Waals surface area contributed by atoms with Gasteiger partial charge in [-0.15, -0.1) is 0 Å². The Bertz CT molecular complexity index is 452. The lowest BCUT2D eigenvalue weighted by molar-refractivity contribution is 0.276. The summed E-state index contributed by atoms with van der Waals surface area (Å²) in [6, 6.07) is 6.68. The van der Waals surface area contributed by atoms with Crippen molar-refractivity contribution in [2.75, 3.05) is 18.0 Å². The minimum atomic E-state index is 0.169. The third kappa shape index (κ3) is 3.26. The Morgan fingerprint density at radius 1 is 1.47 bits per heavy atom. The molecule has 2 atom stereocenters. The second-order valence-corrected chi connectivity index (χ2v) is 6.90. The van der Waals surface area contributed by atoms with Crippen molar-refractivity contribution in [1.29, 1.82) is 0 Å². The van der Waals surface area contributed by atoms with Crippen LogP contribution >= 0.6 is 27.5 Å². The van der Waals surface area contributed by atoms with Gasteiger partial charge in [0.15, 0.2) is 0 Å². The molecule has 19 heavy (non-hydrogen) atoms. The topological polar surface area (TPSA) is 15.3 Å². The molecule has 1 aliphatic heterocycles. The number of piperazine rings is 1. The van der Waals surface area contributed by atoms with Crippen LogP contribution in [0.5, 0.6) is 0 Å². The second-order valence-electron chi connectivity index (χ2n) is 5.58. The van der Waals surface area contributed by atoms with Gasteiger partial charge in [-0.1, -0.05) is 41.4 Å². The first-order chi connectivity index (χ1) is 8.99. The van der Waals surface area contributed by atoms with E-state index in [1.807, 2.05) is 6.07 Å². The van der Waals surface area contributed by atoms with Gasteiger partial charge in [-0.3, -0.25) is 0 Å². The average molecular weight is 346 g/mol. The van der Waals surface area contributed by atoms with Gasteiger partial charge in [0, 0.05) is 29.1 Å². The highest BCUT2D eigenvalue weighted by Gasteiger charge is 2.34. The highest BCUT2D eigenvalue weighted by Crippen LogP contribution is 2.33. The molecule has 1 saturated heterocycles. The molecule has 0 saturated carbocycles. The molecule has 0 amide bonds. The molecular weight excluding hydrogens is 324 g/mol. The van der Waals surface area contributed by atoms with Gasteiger partial charge in [0.05, 0.1) is 10.7 Å². The predicted molar refractivity (Wildman–Crippen MR) is 87.3 cm³/mol. The first-order valence-corrected chi connectivity index (χ1v) is 8.13. The van der Waals surface area contributed by atoms with Crippen molar-refractivity contribution in [2.45, 2.75) is 45.2 Å². The van der Waals surface area contributed by atoms with Crippen LogP contribution in [0.15, 0.2) is 22.7 Å². The maximum absolute atomic E-state index is 6.43. The standard InChI is InChI=1S/C15H22BrClN2/c1-4-12-9-18-15(3,5-2)10-19(12)14-7-6-11(16)8-13(14)17/h6-8,12,18H,4-5,9-10H2,1-3H3. The zero-order valence-electron chi connectivity index (χ0n) is 11.8. The van der Waals surface area contributed by atoms with E-state index in [-0.39, 0.29) is 5.54 Å². The van der Waals surface area contributed by atoms with Crippen molar-refractivity contribution < 1.29 is 0 Å². The van der Waals surface area contributed by atoms with E-state index in [0.29, 0.717) is 6.04 Å². The first kappa shape index (κ1) is 15.1. The van der Waals surface area contributed by atoms with E-state index in [0.717, 1.165) is 41.1 Å². The molecule has 0 bridgehead atoms. The molecule has 1 aliphatic rings. The molecule has 0 aliphatic carbocycles. The van der Waals surface area contributed by atoms with Crippen molar-refractivity contribution in [1.82, 2.24) is 5.32 Å². The molecule has 0 spiro atoms. The van der Waals surface area contributed by atoms with Gasteiger partial charge in [0.1, 0.15) is 0 Å². The third-order valence-corrected chi connectivity index (χ3v) is 4.99. The van der Waals surface area contributed by atoms with E-state index in [1.165, 1.54) is 0 Å². The smallest absolute Gasteiger partial charge is 0.0650 e. The van der Waals surface area contributed by atoms with Gasteiger partial charge < -0.3 is 10.2 Å². The molecule has 4 heteroatoms. The van der Waals surface area contributed by atoms with Crippen LogP contribution in [-0.2, 0) is 0 Å². The van der Waals surface area contributed by atoms with Gasteiger partial charge in [-0.2, -0.15) is 0 Å². The lowest BCUT2D eigenvalue weighted by atomic mass is 9.92. The molecule has 2 rings (SSSR count). The van der Waals surface area contributed by atoms with Crippen LogP contribution in [0.1, 0.15) is 33.6 Å². The van der Waals surface area contributed by atoms with Crippen molar-refractivity contribution >= 4 is 33.2 Å². The summed E-state index contributed by atoms with van der Waals surface area (Å²) in [7, 11) is 0. The van der Waals surface area contributed by atoms with Crippen LogP contribution < -0.4 is 10.2 Å². The SMILES string of the molecule is CCC1CNC(C)(CC)CN1c1ccc(Br)cc1Cl. The highest BCUT2D eigenvalue weighted by atomic mass is 79.9. The summed E-state index contributed by atoms with van der Waals surface area (Å²) in [4.78, 5) is 2.47. The Morgan fingerprint density at radius 2 is 2.21 bits per heavy atom. The van der Waals surface area contributed by atoms with Crippen molar-refractivity contribution in [2.24, 2.45) is 0 Å². The Morgan fingerprint density at radius 3 is 2.79 bits per heavy atom. The Balaban J connectivity index is 2.32. The predicted octanol–water partition coefficient (Wildman–Crippen LogP) is 4.46. The van der Waals surface area contributed by atoms with Crippen LogP contribution in [0.25, 0.3) is 0 Å². The number of benzene rings is 1. The zero-order chi connectivity index (χ0) is 14.0. The highest BCUT2D eigenvalue weighted by molar-refractivity contribution is 9.10. The van der Waals surface area contributed by atoms with E-state index >= 15 is 0 Å².